The van der Waals surface area contributed by atoms with E-state index in [9.17, 15) is 9.59 Å². The normalized spacial score (nSPS) is 32.1. The zero-order valence-corrected chi connectivity index (χ0v) is 17.5. The van der Waals surface area contributed by atoms with E-state index in [2.05, 4.69) is 46.5 Å². The van der Waals surface area contributed by atoms with Crippen LogP contribution in [0.3, 0.4) is 0 Å². The van der Waals surface area contributed by atoms with Gasteiger partial charge in [0.2, 0.25) is 5.91 Å². The second-order valence-electron chi connectivity index (χ2n) is 9.55. The predicted octanol–water partition coefficient (Wildman–Crippen LogP) is 4.55. The molecule has 0 bridgehead atoms. The molecule has 0 spiro atoms. The Hall–Kier alpha value is -2.56. The van der Waals surface area contributed by atoms with E-state index in [0.29, 0.717) is 48.1 Å². The van der Waals surface area contributed by atoms with Crippen LogP contribution in [0.15, 0.2) is 42.9 Å². The Bertz CT molecular complexity index is 960. The summed E-state index contributed by atoms with van der Waals surface area (Å²) in [6.45, 7) is 2.20. The van der Waals surface area contributed by atoms with Crippen molar-refractivity contribution in [3.8, 4) is 0 Å². The summed E-state index contributed by atoms with van der Waals surface area (Å²) in [7, 11) is 0. The quantitative estimate of drug-likeness (QED) is 0.813. The summed E-state index contributed by atoms with van der Waals surface area (Å²) in [5, 5.41) is 2.83. The molecule has 5 rings (SSSR count). The largest absolute Gasteiger partial charge is 0.309 e. The van der Waals surface area contributed by atoms with Crippen LogP contribution >= 0.6 is 0 Å². The highest BCUT2D eigenvalue weighted by Crippen LogP contribution is 2.62. The minimum Gasteiger partial charge on any atom is -0.309 e. The number of carbonyl (C=O) groups excluding carboxylic acids is 2. The zero-order valence-electron chi connectivity index (χ0n) is 17.5. The zero-order chi connectivity index (χ0) is 20.7. The predicted molar refractivity (Wildman–Crippen MR) is 115 cm³/mol. The van der Waals surface area contributed by atoms with E-state index in [1.807, 2.05) is 0 Å². The average molecular weight is 404 g/mol. The second kappa shape index (κ2) is 7.60. The molecule has 0 aliphatic heterocycles. The van der Waals surface area contributed by atoms with Gasteiger partial charge in [-0.2, -0.15) is 0 Å². The van der Waals surface area contributed by atoms with Gasteiger partial charge < -0.3 is 5.32 Å². The SMILES string of the molecule is C[C@]12CCC3c4ccccc4CCC3C1[C@H](CCC(=O)Nc1cnccn1)CC2=O. The number of fused-ring (bicyclic) bond motifs is 5. The van der Waals surface area contributed by atoms with Gasteiger partial charge in [0, 0.05) is 30.7 Å². The number of amides is 1. The maximum atomic E-state index is 13.1. The number of nitrogens with zero attached hydrogens (tertiary/aromatic N) is 2. The molecular weight excluding hydrogens is 374 g/mol. The van der Waals surface area contributed by atoms with Crippen molar-refractivity contribution in [3.05, 3.63) is 54.0 Å². The maximum absolute atomic E-state index is 13.1. The maximum Gasteiger partial charge on any atom is 0.225 e. The van der Waals surface area contributed by atoms with Crippen molar-refractivity contribution in [2.45, 2.75) is 57.8 Å². The molecule has 156 valence electrons. The third-order valence-corrected chi connectivity index (χ3v) is 8.06. The number of hydrogen-bond donors (Lipinski definition) is 1. The van der Waals surface area contributed by atoms with Crippen molar-refractivity contribution in [2.75, 3.05) is 5.32 Å². The minimum absolute atomic E-state index is 0.0436. The van der Waals surface area contributed by atoms with Crippen LogP contribution in [0.25, 0.3) is 0 Å². The number of anilines is 1. The Morgan fingerprint density at radius 1 is 1.23 bits per heavy atom. The van der Waals surface area contributed by atoms with E-state index in [4.69, 9.17) is 0 Å². The topological polar surface area (TPSA) is 72.0 Å². The van der Waals surface area contributed by atoms with Gasteiger partial charge >= 0.3 is 0 Å². The molecule has 5 atom stereocenters. The van der Waals surface area contributed by atoms with Crippen LogP contribution in [-0.4, -0.2) is 21.7 Å². The van der Waals surface area contributed by atoms with E-state index in [-0.39, 0.29) is 11.3 Å². The number of Topliss-reactive ketones (excluding diaryl/α,β-unsaturated/α-hetero) is 1. The smallest absolute Gasteiger partial charge is 0.225 e. The third-order valence-electron chi connectivity index (χ3n) is 8.06. The van der Waals surface area contributed by atoms with E-state index in [1.54, 1.807) is 18.6 Å². The Morgan fingerprint density at radius 3 is 2.93 bits per heavy atom. The fraction of sp³-hybridized carbons (Fsp3) is 0.520. The fourth-order valence-corrected chi connectivity index (χ4v) is 6.73. The number of aromatic nitrogens is 2. The first-order valence-corrected chi connectivity index (χ1v) is 11.2. The molecule has 0 saturated heterocycles. The number of hydrogen-bond acceptors (Lipinski definition) is 4. The first-order valence-electron chi connectivity index (χ1n) is 11.2. The van der Waals surface area contributed by atoms with Crippen molar-refractivity contribution < 1.29 is 9.59 Å². The van der Waals surface area contributed by atoms with Gasteiger partial charge in [-0.15, -0.1) is 0 Å². The number of benzene rings is 1. The molecule has 2 saturated carbocycles. The van der Waals surface area contributed by atoms with Crippen molar-refractivity contribution in [3.63, 3.8) is 0 Å². The first-order chi connectivity index (χ1) is 14.6. The van der Waals surface area contributed by atoms with Gasteiger partial charge in [-0.1, -0.05) is 31.2 Å². The van der Waals surface area contributed by atoms with Crippen LogP contribution < -0.4 is 5.32 Å². The number of ketones is 1. The lowest BCUT2D eigenvalue weighted by atomic mass is 9.54. The minimum atomic E-state index is -0.209. The third kappa shape index (κ3) is 3.24. The molecule has 3 aliphatic rings. The van der Waals surface area contributed by atoms with Crippen LogP contribution in [0, 0.1) is 23.2 Å². The molecule has 2 aromatic rings. The van der Waals surface area contributed by atoms with Crippen LogP contribution in [0.1, 0.15) is 62.5 Å². The van der Waals surface area contributed by atoms with Gasteiger partial charge in [0.15, 0.2) is 5.82 Å². The molecule has 1 aromatic carbocycles. The van der Waals surface area contributed by atoms with Crippen molar-refractivity contribution in [1.82, 2.24) is 9.97 Å². The van der Waals surface area contributed by atoms with Crippen LogP contribution in [0.2, 0.25) is 0 Å². The Kier molecular flexibility index (Phi) is 4.92. The van der Waals surface area contributed by atoms with Crippen molar-refractivity contribution >= 4 is 17.5 Å². The molecule has 1 heterocycles. The highest BCUT2D eigenvalue weighted by molar-refractivity contribution is 5.90. The molecular formula is C25H29N3O2. The fourth-order valence-electron chi connectivity index (χ4n) is 6.73. The Balaban J connectivity index is 1.33. The molecule has 30 heavy (non-hydrogen) atoms. The van der Waals surface area contributed by atoms with E-state index in [0.717, 1.165) is 32.1 Å². The van der Waals surface area contributed by atoms with Crippen molar-refractivity contribution in [1.29, 1.82) is 0 Å². The Morgan fingerprint density at radius 2 is 2.10 bits per heavy atom. The molecule has 0 radical (unpaired) electrons. The monoisotopic (exact) mass is 403 g/mol. The highest BCUT2D eigenvalue weighted by Gasteiger charge is 2.58. The number of carbonyl (C=O) groups is 2. The lowest BCUT2D eigenvalue weighted by Gasteiger charge is -2.50. The lowest BCUT2D eigenvalue weighted by Crippen LogP contribution is -2.44. The van der Waals surface area contributed by atoms with Gasteiger partial charge in [0.05, 0.1) is 6.20 Å². The van der Waals surface area contributed by atoms with E-state index in [1.165, 1.54) is 11.1 Å². The molecule has 3 unspecified atom stereocenters. The summed E-state index contributed by atoms with van der Waals surface area (Å²) < 4.78 is 0. The number of aryl methyl sites for hydroxylation is 1. The van der Waals surface area contributed by atoms with Crippen LogP contribution in [0.5, 0.6) is 0 Å². The summed E-state index contributed by atoms with van der Waals surface area (Å²) in [5.74, 6) is 2.67. The molecule has 1 N–H and O–H groups in total. The summed E-state index contributed by atoms with van der Waals surface area (Å²) >= 11 is 0. The highest BCUT2D eigenvalue weighted by atomic mass is 16.1. The Labute approximate surface area is 177 Å². The van der Waals surface area contributed by atoms with Crippen LogP contribution in [0.4, 0.5) is 5.82 Å². The van der Waals surface area contributed by atoms with Gasteiger partial charge in [-0.3, -0.25) is 14.6 Å². The van der Waals surface area contributed by atoms with Gasteiger partial charge in [-0.25, -0.2) is 4.98 Å². The van der Waals surface area contributed by atoms with Gasteiger partial charge in [-0.05, 0) is 66.9 Å². The summed E-state index contributed by atoms with van der Waals surface area (Å²) in [4.78, 5) is 33.7. The first kappa shape index (κ1) is 19.4. The molecule has 1 aromatic heterocycles. The number of nitrogens with one attached hydrogen (secondary N) is 1. The molecule has 1 amide bonds. The van der Waals surface area contributed by atoms with Crippen molar-refractivity contribution in [2.24, 2.45) is 23.2 Å². The molecule has 2 fully saturated rings. The standard InChI is InChI=1S/C25H29N3O2/c1-25-11-10-19-18-5-3-2-4-16(18)6-8-20(19)24(25)17(14-21(25)29)7-9-23(30)28-22-15-26-12-13-27-22/h2-5,12-13,15,17,19-20,24H,6-11,14H2,1H3,(H,27,28,30)/t17-,19?,20?,24?,25-/m1/s1. The van der Waals surface area contributed by atoms with Gasteiger partial charge in [0.25, 0.3) is 0 Å². The second-order valence-corrected chi connectivity index (χ2v) is 9.55. The molecule has 5 nitrogen and oxygen atoms in total. The summed E-state index contributed by atoms with van der Waals surface area (Å²) in [6, 6.07) is 8.87. The molecule has 5 heteroatoms. The summed E-state index contributed by atoms with van der Waals surface area (Å²) in [6.07, 6.45) is 10.9. The lowest BCUT2D eigenvalue weighted by molar-refractivity contribution is -0.129. The molecule has 3 aliphatic carbocycles. The average Bonchev–Trinajstić information content (AvgIpc) is 3.03. The summed E-state index contributed by atoms with van der Waals surface area (Å²) in [5.41, 5.74) is 2.79. The van der Waals surface area contributed by atoms with E-state index < -0.39 is 0 Å². The van der Waals surface area contributed by atoms with Gasteiger partial charge in [0.1, 0.15) is 5.78 Å². The number of rotatable bonds is 4. The van der Waals surface area contributed by atoms with E-state index >= 15 is 0 Å². The van der Waals surface area contributed by atoms with Crippen LogP contribution in [-0.2, 0) is 16.0 Å².